The SMILES string of the molecule is CCNC(C)CC(=O)Nc1cc(F)c(Br)cc1F. The Morgan fingerprint density at radius 1 is 1.39 bits per heavy atom. The van der Waals surface area contributed by atoms with Gasteiger partial charge in [0, 0.05) is 18.5 Å². The second-order valence-electron chi connectivity index (χ2n) is 3.96. The van der Waals surface area contributed by atoms with Crippen molar-refractivity contribution in [2.75, 3.05) is 11.9 Å². The first-order chi connectivity index (χ1) is 8.43. The van der Waals surface area contributed by atoms with Crippen molar-refractivity contribution in [2.45, 2.75) is 26.3 Å². The summed E-state index contributed by atoms with van der Waals surface area (Å²) in [6.07, 6.45) is 0.199. The Bertz CT molecular complexity index is 440. The van der Waals surface area contributed by atoms with Gasteiger partial charge in [0.05, 0.1) is 10.2 Å². The third-order valence-electron chi connectivity index (χ3n) is 2.33. The molecule has 18 heavy (non-hydrogen) atoms. The number of benzene rings is 1. The van der Waals surface area contributed by atoms with E-state index >= 15 is 0 Å². The maximum atomic E-state index is 13.4. The minimum absolute atomic E-state index is 0.0154. The van der Waals surface area contributed by atoms with Gasteiger partial charge in [-0.05, 0) is 35.5 Å². The Hall–Kier alpha value is -1.01. The van der Waals surface area contributed by atoms with Crippen molar-refractivity contribution >= 4 is 27.5 Å². The molecule has 1 atom stereocenters. The van der Waals surface area contributed by atoms with E-state index in [0.717, 1.165) is 18.7 Å². The second kappa shape index (κ2) is 6.80. The highest BCUT2D eigenvalue weighted by atomic mass is 79.9. The molecule has 1 unspecified atom stereocenters. The molecule has 1 rings (SSSR count). The van der Waals surface area contributed by atoms with E-state index in [2.05, 4.69) is 26.6 Å². The van der Waals surface area contributed by atoms with Crippen LogP contribution in [0.5, 0.6) is 0 Å². The fraction of sp³-hybridized carbons (Fsp3) is 0.417. The summed E-state index contributed by atoms with van der Waals surface area (Å²) in [4.78, 5) is 11.6. The van der Waals surface area contributed by atoms with E-state index in [1.165, 1.54) is 0 Å². The molecule has 0 aliphatic heterocycles. The molecule has 0 saturated heterocycles. The minimum atomic E-state index is -0.673. The van der Waals surface area contributed by atoms with Crippen molar-refractivity contribution in [1.82, 2.24) is 5.32 Å². The lowest BCUT2D eigenvalue weighted by atomic mass is 10.2. The zero-order valence-electron chi connectivity index (χ0n) is 10.2. The fourth-order valence-corrected chi connectivity index (χ4v) is 1.83. The van der Waals surface area contributed by atoms with Crippen LogP contribution in [-0.2, 0) is 4.79 Å². The molecule has 0 fully saturated rings. The molecule has 0 aliphatic carbocycles. The molecular formula is C12H15BrF2N2O. The monoisotopic (exact) mass is 320 g/mol. The normalized spacial score (nSPS) is 12.3. The molecular weight excluding hydrogens is 306 g/mol. The van der Waals surface area contributed by atoms with Crippen molar-refractivity contribution in [3.63, 3.8) is 0 Å². The number of carbonyl (C=O) groups is 1. The molecule has 0 saturated carbocycles. The number of halogens is 3. The first kappa shape index (κ1) is 15.0. The molecule has 0 bridgehead atoms. The summed E-state index contributed by atoms with van der Waals surface area (Å²) in [6, 6.07) is 1.92. The Labute approximate surface area is 113 Å². The van der Waals surface area contributed by atoms with Crippen LogP contribution in [0.4, 0.5) is 14.5 Å². The van der Waals surface area contributed by atoms with Crippen LogP contribution in [0.25, 0.3) is 0 Å². The molecule has 0 radical (unpaired) electrons. The van der Waals surface area contributed by atoms with Crippen LogP contribution in [0, 0.1) is 11.6 Å². The highest BCUT2D eigenvalue weighted by Gasteiger charge is 2.13. The van der Waals surface area contributed by atoms with Crippen molar-refractivity contribution < 1.29 is 13.6 Å². The third kappa shape index (κ3) is 4.34. The van der Waals surface area contributed by atoms with E-state index in [0.29, 0.717) is 0 Å². The van der Waals surface area contributed by atoms with Gasteiger partial charge in [0.2, 0.25) is 5.91 Å². The summed E-state index contributed by atoms with van der Waals surface area (Å²) in [5, 5.41) is 5.41. The van der Waals surface area contributed by atoms with Gasteiger partial charge in [0.1, 0.15) is 11.6 Å². The van der Waals surface area contributed by atoms with Crippen LogP contribution in [0.1, 0.15) is 20.3 Å². The number of rotatable bonds is 5. The van der Waals surface area contributed by atoms with Crippen LogP contribution in [0.2, 0.25) is 0 Å². The van der Waals surface area contributed by atoms with Gasteiger partial charge >= 0.3 is 0 Å². The summed E-state index contributed by atoms with van der Waals surface area (Å²) < 4.78 is 26.7. The summed E-state index contributed by atoms with van der Waals surface area (Å²) >= 11 is 2.87. The van der Waals surface area contributed by atoms with Gasteiger partial charge in [-0.25, -0.2) is 8.78 Å². The van der Waals surface area contributed by atoms with E-state index in [1.54, 1.807) is 0 Å². The zero-order valence-corrected chi connectivity index (χ0v) is 11.8. The van der Waals surface area contributed by atoms with E-state index in [1.807, 2.05) is 13.8 Å². The molecule has 2 N–H and O–H groups in total. The van der Waals surface area contributed by atoms with E-state index in [9.17, 15) is 13.6 Å². The molecule has 0 spiro atoms. The van der Waals surface area contributed by atoms with Gasteiger partial charge in [-0.1, -0.05) is 6.92 Å². The largest absolute Gasteiger partial charge is 0.323 e. The third-order valence-corrected chi connectivity index (χ3v) is 2.94. The predicted molar refractivity (Wildman–Crippen MR) is 70.4 cm³/mol. The summed E-state index contributed by atoms with van der Waals surface area (Å²) in [6.45, 7) is 4.52. The average molecular weight is 321 g/mol. The lowest BCUT2D eigenvalue weighted by molar-refractivity contribution is -0.116. The van der Waals surface area contributed by atoms with Gasteiger partial charge < -0.3 is 10.6 Å². The molecule has 1 aromatic carbocycles. The Balaban J connectivity index is 2.67. The number of nitrogens with one attached hydrogen (secondary N) is 2. The van der Waals surface area contributed by atoms with Crippen LogP contribution in [0.15, 0.2) is 16.6 Å². The van der Waals surface area contributed by atoms with Crippen LogP contribution < -0.4 is 10.6 Å². The molecule has 0 aromatic heterocycles. The fourth-order valence-electron chi connectivity index (χ4n) is 1.52. The summed E-state index contributed by atoms with van der Waals surface area (Å²) in [5.41, 5.74) is -0.149. The molecule has 6 heteroatoms. The zero-order chi connectivity index (χ0) is 13.7. The van der Waals surface area contributed by atoms with Crippen LogP contribution in [-0.4, -0.2) is 18.5 Å². The van der Waals surface area contributed by atoms with Gasteiger partial charge in [-0.15, -0.1) is 0 Å². The lowest BCUT2D eigenvalue weighted by Gasteiger charge is -2.12. The maximum absolute atomic E-state index is 13.4. The van der Waals surface area contributed by atoms with E-state index in [4.69, 9.17) is 0 Å². The molecule has 3 nitrogen and oxygen atoms in total. The molecule has 1 amide bonds. The average Bonchev–Trinajstić information content (AvgIpc) is 2.26. The van der Waals surface area contributed by atoms with Crippen LogP contribution in [0.3, 0.4) is 0 Å². The topological polar surface area (TPSA) is 41.1 Å². The van der Waals surface area contributed by atoms with E-state index < -0.39 is 11.6 Å². The number of amides is 1. The quantitative estimate of drug-likeness (QED) is 0.819. The number of anilines is 1. The second-order valence-corrected chi connectivity index (χ2v) is 4.81. The van der Waals surface area contributed by atoms with Crippen molar-refractivity contribution in [3.05, 3.63) is 28.2 Å². The van der Waals surface area contributed by atoms with Crippen molar-refractivity contribution in [3.8, 4) is 0 Å². The smallest absolute Gasteiger partial charge is 0.226 e. The van der Waals surface area contributed by atoms with Gasteiger partial charge in [-0.2, -0.15) is 0 Å². The lowest BCUT2D eigenvalue weighted by Crippen LogP contribution is -2.30. The van der Waals surface area contributed by atoms with Crippen molar-refractivity contribution in [2.24, 2.45) is 0 Å². The summed E-state index contributed by atoms with van der Waals surface area (Å²) in [7, 11) is 0. The van der Waals surface area contributed by atoms with Gasteiger partial charge in [0.25, 0.3) is 0 Å². The van der Waals surface area contributed by atoms with Gasteiger partial charge in [0.15, 0.2) is 0 Å². The van der Waals surface area contributed by atoms with Crippen molar-refractivity contribution in [1.29, 1.82) is 0 Å². The first-order valence-electron chi connectivity index (χ1n) is 5.61. The Morgan fingerprint density at radius 3 is 2.67 bits per heavy atom. The molecule has 1 aromatic rings. The van der Waals surface area contributed by atoms with Crippen LogP contribution >= 0.6 is 15.9 Å². The molecule has 0 aliphatic rings. The van der Waals surface area contributed by atoms with E-state index in [-0.39, 0.29) is 28.5 Å². The standard InChI is InChI=1S/C12H15BrF2N2O/c1-3-16-7(2)4-12(18)17-11-6-9(14)8(13)5-10(11)15/h5-7,16H,3-4H2,1-2H3,(H,17,18). The van der Waals surface area contributed by atoms with Gasteiger partial charge in [-0.3, -0.25) is 4.79 Å². The molecule has 0 heterocycles. The first-order valence-corrected chi connectivity index (χ1v) is 6.41. The maximum Gasteiger partial charge on any atom is 0.226 e. The number of carbonyl (C=O) groups excluding carboxylic acids is 1. The summed E-state index contributed by atoms with van der Waals surface area (Å²) in [5.74, 6) is -1.65. The predicted octanol–water partition coefficient (Wildman–Crippen LogP) is 3.05. The Kier molecular flexibility index (Phi) is 5.68. The number of hydrogen-bond donors (Lipinski definition) is 2. The highest BCUT2D eigenvalue weighted by Crippen LogP contribution is 2.23. The minimum Gasteiger partial charge on any atom is -0.323 e. The number of hydrogen-bond acceptors (Lipinski definition) is 2. The Morgan fingerprint density at radius 2 is 2.06 bits per heavy atom. The highest BCUT2D eigenvalue weighted by molar-refractivity contribution is 9.10. The molecule has 100 valence electrons.